The predicted octanol–water partition coefficient (Wildman–Crippen LogP) is 2.04. The van der Waals surface area contributed by atoms with Crippen molar-refractivity contribution in [3.05, 3.63) is 34.3 Å². The quantitative estimate of drug-likeness (QED) is 0.591. The Hall–Kier alpha value is -1.60. The Morgan fingerprint density at radius 1 is 1.47 bits per heavy atom. The van der Waals surface area contributed by atoms with Crippen LogP contribution in [0.4, 0.5) is 11.8 Å². The predicted molar refractivity (Wildman–Crippen MR) is 68.3 cm³/mol. The van der Waals surface area contributed by atoms with Gasteiger partial charge < -0.3 is 9.73 Å². The van der Waals surface area contributed by atoms with Crippen molar-refractivity contribution < 1.29 is 4.42 Å². The lowest BCUT2D eigenvalue weighted by molar-refractivity contribution is 0.490. The third-order valence-corrected chi connectivity index (χ3v) is 2.68. The van der Waals surface area contributed by atoms with Crippen molar-refractivity contribution >= 4 is 27.7 Å². The number of anilines is 2. The third-order valence-electron chi connectivity index (χ3n) is 2.10. The fourth-order valence-electron chi connectivity index (χ4n) is 1.31. The van der Waals surface area contributed by atoms with Crippen LogP contribution in [-0.4, -0.2) is 9.97 Å². The van der Waals surface area contributed by atoms with E-state index < -0.39 is 0 Å². The molecule has 0 spiro atoms. The maximum absolute atomic E-state index is 5.44. The lowest BCUT2D eigenvalue weighted by Gasteiger charge is -2.07. The van der Waals surface area contributed by atoms with Gasteiger partial charge in [0.2, 0.25) is 5.95 Å². The van der Waals surface area contributed by atoms with Crippen LogP contribution in [0.1, 0.15) is 11.5 Å². The van der Waals surface area contributed by atoms with E-state index in [1.807, 2.05) is 19.1 Å². The largest absolute Gasteiger partial charge is 0.465 e. The summed E-state index contributed by atoms with van der Waals surface area (Å²) in [6.07, 6.45) is 1.62. The summed E-state index contributed by atoms with van der Waals surface area (Å²) in [5.41, 5.74) is 2.39. The SMILES string of the molecule is Cc1ccc(CNc2nc(NN)ncc2Br)o1. The van der Waals surface area contributed by atoms with Crippen LogP contribution in [0.5, 0.6) is 0 Å². The normalized spacial score (nSPS) is 10.3. The van der Waals surface area contributed by atoms with Crippen molar-refractivity contribution in [1.29, 1.82) is 0 Å². The monoisotopic (exact) mass is 297 g/mol. The standard InChI is InChI=1S/C10H12BrN5O/c1-6-2-3-7(17-6)4-13-9-8(11)5-14-10(15-9)16-12/h2-3,5H,4,12H2,1H3,(H2,13,14,15,16). The first-order chi connectivity index (χ1) is 8.19. The second-order valence-corrected chi connectivity index (χ2v) is 4.25. The number of hydrogen-bond donors (Lipinski definition) is 3. The average Bonchev–Trinajstić information content (AvgIpc) is 2.74. The molecule has 0 saturated heterocycles. The van der Waals surface area contributed by atoms with Crippen molar-refractivity contribution in [2.24, 2.45) is 5.84 Å². The minimum atomic E-state index is 0.353. The van der Waals surface area contributed by atoms with Crippen LogP contribution < -0.4 is 16.6 Å². The molecule has 0 atom stereocenters. The summed E-state index contributed by atoms with van der Waals surface area (Å²) in [7, 11) is 0. The van der Waals surface area contributed by atoms with E-state index in [9.17, 15) is 0 Å². The molecule has 0 aliphatic carbocycles. The number of aryl methyl sites for hydroxylation is 1. The summed E-state index contributed by atoms with van der Waals surface area (Å²) in [5.74, 6) is 7.98. The fourth-order valence-corrected chi connectivity index (χ4v) is 1.64. The van der Waals surface area contributed by atoms with Crippen LogP contribution >= 0.6 is 15.9 Å². The molecule has 0 aliphatic rings. The van der Waals surface area contributed by atoms with Crippen LogP contribution in [-0.2, 0) is 6.54 Å². The van der Waals surface area contributed by atoms with Crippen molar-refractivity contribution in [2.75, 3.05) is 10.7 Å². The molecular formula is C10H12BrN5O. The molecule has 0 aromatic carbocycles. The highest BCUT2D eigenvalue weighted by Gasteiger charge is 2.05. The van der Waals surface area contributed by atoms with Crippen LogP contribution in [0.15, 0.2) is 27.2 Å². The van der Waals surface area contributed by atoms with Crippen molar-refractivity contribution in [2.45, 2.75) is 13.5 Å². The molecule has 17 heavy (non-hydrogen) atoms. The smallest absolute Gasteiger partial charge is 0.239 e. The van der Waals surface area contributed by atoms with Gasteiger partial charge in [-0.3, -0.25) is 5.43 Å². The summed E-state index contributed by atoms with van der Waals surface area (Å²) in [6, 6.07) is 3.83. The highest BCUT2D eigenvalue weighted by molar-refractivity contribution is 9.10. The van der Waals surface area contributed by atoms with E-state index >= 15 is 0 Å². The van der Waals surface area contributed by atoms with E-state index in [0.717, 1.165) is 16.0 Å². The van der Waals surface area contributed by atoms with Gasteiger partial charge in [0.25, 0.3) is 0 Å². The molecule has 4 N–H and O–H groups in total. The number of nitrogens with one attached hydrogen (secondary N) is 2. The van der Waals surface area contributed by atoms with Gasteiger partial charge in [0.15, 0.2) is 0 Å². The van der Waals surface area contributed by atoms with Gasteiger partial charge in [-0.05, 0) is 35.0 Å². The topological polar surface area (TPSA) is 89.0 Å². The summed E-state index contributed by atoms with van der Waals surface area (Å²) in [5, 5.41) is 3.13. The fraction of sp³-hybridized carbons (Fsp3) is 0.200. The van der Waals surface area contributed by atoms with Crippen molar-refractivity contribution in [3.63, 3.8) is 0 Å². The van der Waals surface area contributed by atoms with E-state index in [0.29, 0.717) is 18.3 Å². The van der Waals surface area contributed by atoms with E-state index in [-0.39, 0.29) is 0 Å². The Labute approximate surface area is 107 Å². The molecule has 0 amide bonds. The highest BCUT2D eigenvalue weighted by Crippen LogP contribution is 2.20. The lowest BCUT2D eigenvalue weighted by Crippen LogP contribution is -2.12. The molecule has 0 fully saturated rings. The molecule has 7 heteroatoms. The molecule has 6 nitrogen and oxygen atoms in total. The van der Waals surface area contributed by atoms with Gasteiger partial charge in [-0.2, -0.15) is 4.98 Å². The molecule has 2 aromatic heterocycles. The first-order valence-corrected chi connectivity index (χ1v) is 5.76. The maximum Gasteiger partial charge on any atom is 0.239 e. The third kappa shape index (κ3) is 2.95. The zero-order valence-electron chi connectivity index (χ0n) is 9.20. The molecule has 0 bridgehead atoms. The summed E-state index contributed by atoms with van der Waals surface area (Å²) in [4.78, 5) is 8.12. The number of rotatable bonds is 4. The van der Waals surface area contributed by atoms with Crippen molar-refractivity contribution in [3.8, 4) is 0 Å². The minimum Gasteiger partial charge on any atom is -0.465 e. The molecule has 0 unspecified atom stereocenters. The molecule has 90 valence electrons. The highest BCUT2D eigenvalue weighted by atomic mass is 79.9. The molecule has 0 saturated carbocycles. The Balaban J connectivity index is 2.07. The summed E-state index contributed by atoms with van der Waals surface area (Å²) < 4.78 is 6.20. The van der Waals surface area contributed by atoms with E-state index in [4.69, 9.17) is 10.3 Å². The first kappa shape index (κ1) is 11.9. The second kappa shape index (κ2) is 5.15. The maximum atomic E-state index is 5.44. The van der Waals surface area contributed by atoms with Gasteiger partial charge in [0.05, 0.1) is 11.0 Å². The Morgan fingerprint density at radius 2 is 2.29 bits per heavy atom. The molecular weight excluding hydrogens is 286 g/mol. The van der Waals surface area contributed by atoms with E-state index in [1.165, 1.54) is 0 Å². The molecule has 2 heterocycles. The van der Waals surface area contributed by atoms with Crippen LogP contribution in [0.2, 0.25) is 0 Å². The molecule has 0 radical (unpaired) electrons. The summed E-state index contributed by atoms with van der Waals surface area (Å²) >= 11 is 3.35. The van der Waals surface area contributed by atoms with Crippen molar-refractivity contribution in [1.82, 2.24) is 9.97 Å². The van der Waals surface area contributed by atoms with Gasteiger partial charge in [0, 0.05) is 6.20 Å². The Bertz CT molecular complexity index is 513. The van der Waals surface area contributed by atoms with Gasteiger partial charge in [-0.1, -0.05) is 0 Å². The zero-order valence-corrected chi connectivity index (χ0v) is 10.8. The van der Waals surface area contributed by atoms with E-state index in [2.05, 4.69) is 36.6 Å². The minimum absolute atomic E-state index is 0.353. The first-order valence-electron chi connectivity index (χ1n) is 4.97. The van der Waals surface area contributed by atoms with Gasteiger partial charge in [-0.15, -0.1) is 0 Å². The van der Waals surface area contributed by atoms with Crippen LogP contribution in [0.3, 0.4) is 0 Å². The van der Waals surface area contributed by atoms with Crippen LogP contribution in [0.25, 0.3) is 0 Å². The Kier molecular flexibility index (Phi) is 3.60. The number of hydrazine groups is 1. The van der Waals surface area contributed by atoms with E-state index in [1.54, 1.807) is 6.20 Å². The number of halogens is 1. The van der Waals surface area contributed by atoms with Gasteiger partial charge in [0.1, 0.15) is 17.3 Å². The number of nitrogens with two attached hydrogens (primary N) is 1. The number of nitrogens with zero attached hydrogens (tertiary/aromatic N) is 2. The number of aromatic nitrogens is 2. The summed E-state index contributed by atoms with van der Waals surface area (Å²) in [6.45, 7) is 2.45. The molecule has 0 aliphatic heterocycles. The van der Waals surface area contributed by atoms with Gasteiger partial charge >= 0.3 is 0 Å². The van der Waals surface area contributed by atoms with Crippen LogP contribution in [0, 0.1) is 6.92 Å². The Morgan fingerprint density at radius 3 is 2.94 bits per heavy atom. The number of hydrogen-bond acceptors (Lipinski definition) is 6. The average molecular weight is 298 g/mol. The molecule has 2 aromatic rings. The molecule has 2 rings (SSSR count). The van der Waals surface area contributed by atoms with Gasteiger partial charge in [-0.25, -0.2) is 10.8 Å². The number of furan rings is 1. The lowest BCUT2D eigenvalue weighted by atomic mass is 10.4. The number of nitrogen functional groups attached to an aromatic ring is 1. The zero-order chi connectivity index (χ0) is 12.3. The second-order valence-electron chi connectivity index (χ2n) is 3.40.